The second-order valence-corrected chi connectivity index (χ2v) is 25.5. The zero-order chi connectivity index (χ0) is 59.0. The highest BCUT2D eigenvalue weighted by molar-refractivity contribution is 7.26. The van der Waals surface area contributed by atoms with E-state index in [1.807, 2.05) is 22.7 Å². The fourth-order valence-corrected chi connectivity index (χ4v) is 16.7. The van der Waals surface area contributed by atoms with Gasteiger partial charge in [-0.2, -0.15) is 0 Å². The van der Waals surface area contributed by atoms with Crippen molar-refractivity contribution in [2.24, 2.45) is 0 Å². The topological polar surface area (TPSA) is 36.1 Å². The number of benzene rings is 14. The van der Waals surface area contributed by atoms with Crippen LogP contribution in [0.1, 0.15) is 0 Å². The van der Waals surface area contributed by atoms with E-state index in [4.69, 9.17) is 8.83 Å². The van der Waals surface area contributed by atoms with Gasteiger partial charge in [-0.15, -0.1) is 22.7 Å². The first-order chi connectivity index (χ1) is 44.6. The Morgan fingerprint density at radius 1 is 0.233 bits per heavy atom. The van der Waals surface area contributed by atoms with Gasteiger partial charge in [0.15, 0.2) is 11.2 Å². The van der Waals surface area contributed by atoms with Gasteiger partial charge in [0.1, 0.15) is 22.2 Å². The number of hydrogen-bond donors (Lipinski definition) is 0. The Balaban J connectivity index is 0.000000130. The van der Waals surface area contributed by atoms with E-state index in [0.29, 0.717) is 0 Å². The maximum absolute atomic E-state index is 6.88. The molecule has 0 amide bonds. The smallest absolute Gasteiger partial charge is 0.161 e. The molecule has 0 bridgehead atoms. The molecule has 0 aliphatic rings. The summed E-state index contributed by atoms with van der Waals surface area (Å²) >= 11 is 3.75. The average Bonchev–Trinajstić information content (AvgIpc) is 1.81. The maximum atomic E-state index is 6.88. The third kappa shape index (κ3) is 7.78. The Morgan fingerprint density at radius 3 is 1.23 bits per heavy atom. The van der Waals surface area contributed by atoms with E-state index < -0.39 is 0 Å². The van der Waals surface area contributed by atoms with Crippen molar-refractivity contribution < 1.29 is 8.83 Å². The molecule has 0 N–H and O–H groups in total. The third-order valence-electron chi connectivity index (χ3n) is 18.4. The largest absolute Gasteiger partial charge is 0.453 e. The van der Waals surface area contributed by atoms with Gasteiger partial charge in [-0.25, -0.2) is 0 Å². The summed E-state index contributed by atoms with van der Waals surface area (Å²) < 4.78 is 23.7. The fraction of sp³-hybridized carbons (Fsp3) is 0. The van der Waals surface area contributed by atoms with Crippen molar-refractivity contribution in [1.29, 1.82) is 0 Å². The van der Waals surface area contributed by atoms with Gasteiger partial charge in [0.2, 0.25) is 0 Å². The normalized spacial score (nSPS) is 12.0. The number of aromatic nitrogens is 2. The van der Waals surface area contributed by atoms with Crippen LogP contribution in [0.3, 0.4) is 0 Å². The summed E-state index contributed by atoms with van der Waals surface area (Å²) in [7, 11) is 0. The summed E-state index contributed by atoms with van der Waals surface area (Å²) in [4.78, 5) is 0. The van der Waals surface area contributed by atoms with E-state index in [-0.39, 0.29) is 0 Å². The molecule has 20 aromatic rings. The van der Waals surface area contributed by atoms with Crippen LogP contribution in [0, 0.1) is 0 Å². The fourth-order valence-electron chi connectivity index (χ4n) is 14.4. The van der Waals surface area contributed by atoms with E-state index >= 15 is 0 Å². The van der Waals surface area contributed by atoms with Gasteiger partial charge in [0.25, 0.3) is 0 Å². The summed E-state index contributed by atoms with van der Waals surface area (Å²) in [6, 6.07) is 109. The Kier molecular flexibility index (Phi) is 11.4. The molecule has 0 unspecified atom stereocenters. The molecular formula is C84H50N2O2S2. The van der Waals surface area contributed by atoms with Gasteiger partial charge < -0.3 is 18.0 Å². The Hall–Kier alpha value is -11.3. The first kappa shape index (κ1) is 50.8. The second-order valence-electron chi connectivity index (χ2n) is 23.4. The van der Waals surface area contributed by atoms with Crippen molar-refractivity contribution in [3.63, 3.8) is 0 Å². The highest BCUT2D eigenvalue weighted by Crippen LogP contribution is 2.48. The molecule has 0 atom stereocenters. The van der Waals surface area contributed by atoms with E-state index in [1.165, 1.54) is 95.3 Å². The molecule has 90 heavy (non-hydrogen) atoms. The van der Waals surface area contributed by atoms with Gasteiger partial charge in [-0.1, -0.05) is 212 Å². The van der Waals surface area contributed by atoms with Crippen LogP contribution >= 0.6 is 22.7 Å². The van der Waals surface area contributed by atoms with E-state index in [9.17, 15) is 0 Å². The van der Waals surface area contributed by atoms with Crippen LogP contribution in [0.15, 0.2) is 312 Å². The lowest BCUT2D eigenvalue weighted by Gasteiger charge is -2.12. The molecule has 0 radical (unpaired) electrons. The van der Waals surface area contributed by atoms with E-state index in [0.717, 1.165) is 88.4 Å². The molecule has 420 valence electrons. The Labute approximate surface area is 524 Å². The molecule has 6 heteroatoms. The molecule has 0 saturated heterocycles. The lowest BCUT2D eigenvalue weighted by atomic mass is 9.93. The number of para-hydroxylation sites is 6. The molecule has 0 spiro atoms. The van der Waals surface area contributed by atoms with Crippen LogP contribution in [-0.2, 0) is 0 Å². The standard InChI is InChI=1S/2C42H25NOS/c1-2-13-29(14-3-1)43-37-20-9-8-17-34(37)42-40(43)35-19-10-18-33(41(35)44-42)31-16-7-6-15-30(31)28-21-22-32-36-23-26-11-4-5-12-27(26)24-39(36)45-38(32)25-28;1-2-12-28(13-3-1)43-36-20-9-8-17-33(36)42-40(43)35-19-10-18-32(41(35)44-42)31-16-7-6-14-29(31)27-21-23-34-38(25-27)45-37-24-22-26-11-4-5-15-30(26)39(34)37/h2*1-25H. The Morgan fingerprint density at radius 2 is 0.656 bits per heavy atom. The minimum atomic E-state index is 0.916. The third-order valence-corrected chi connectivity index (χ3v) is 20.6. The molecule has 0 aliphatic heterocycles. The van der Waals surface area contributed by atoms with Crippen LogP contribution in [0.25, 0.3) is 184 Å². The first-order valence-electron chi connectivity index (χ1n) is 30.5. The number of nitrogens with zero attached hydrogens (tertiary/aromatic N) is 2. The van der Waals surface area contributed by atoms with Crippen molar-refractivity contribution in [2.45, 2.75) is 0 Å². The van der Waals surface area contributed by atoms with E-state index in [1.54, 1.807) is 0 Å². The van der Waals surface area contributed by atoms with Gasteiger partial charge in [0, 0.05) is 84.4 Å². The Bertz CT molecular complexity index is 6280. The monoisotopic (exact) mass is 1180 g/mol. The number of furan rings is 2. The molecular weight excluding hydrogens is 1130 g/mol. The summed E-state index contributed by atoms with van der Waals surface area (Å²) in [6.07, 6.45) is 0. The summed E-state index contributed by atoms with van der Waals surface area (Å²) in [5, 5.41) is 14.9. The van der Waals surface area contributed by atoms with Crippen molar-refractivity contribution >= 4 is 151 Å². The van der Waals surface area contributed by atoms with Gasteiger partial charge in [0.05, 0.1) is 11.0 Å². The minimum absolute atomic E-state index is 0.916. The van der Waals surface area contributed by atoms with Crippen molar-refractivity contribution in [3.05, 3.63) is 303 Å². The van der Waals surface area contributed by atoms with Crippen LogP contribution in [0.5, 0.6) is 0 Å². The quantitative estimate of drug-likeness (QED) is 0.166. The van der Waals surface area contributed by atoms with Crippen molar-refractivity contribution in [3.8, 4) is 55.9 Å². The van der Waals surface area contributed by atoms with Crippen molar-refractivity contribution in [1.82, 2.24) is 9.13 Å². The molecule has 20 rings (SSSR count). The first-order valence-corrected chi connectivity index (χ1v) is 32.2. The lowest BCUT2D eigenvalue weighted by Crippen LogP contribution is -1.93. The van der Waals surface area contributed by atoms with Gasteiger partial charge in [-0.3, -0.25) is 0 Å². The van der Waals surface area contributed by atoms with Crippen molar-refractivity contribution in [2.75, 3.05) is 0 Å². The van der Waals surface area contributed by atoms with Gasteiger partial charge >= 0.3 is 0 Å². The minimum Gasteiger partial charge on any atom is -0.453 e. The van der Waals surface area contributed by atoms with Gasteiger partial charge in [-0.05, 0) is 146 Å². The van der Waals surface area contributed by atoms with Crippen LogP contribution < -0.4 is 0 Å². The highest BCUT2D eigenvalue weighted by atomic mass is 32.1. The molecule has 14 aromatic carbocycles. The molecule has 4 nitrogen and oxygen atoms in total. The maximum Gasteiger partial charge on any atom is 0.161 e. The van der Waals surface area contributed by atoms with Crippen LogP contribution in [0.4, 0.5) is 0 Å². The number of thiophene rings is 2. The highest BCUT2D eigenvalue weighted by Gasteiger charge is 2.25. The van der Waals surface area contributed by atoms with Crippen LogP contribution in [-0.4, -0.2) is 9.13 Å². The second kappa shape index (κ2) is 20.1. The summed E-state index contributed by atoms with van der Waals surface area (Å²) in [6.45, 7) is 0. The number of hydrogen-bond acceptors (Lipinski definition) is 4. The lowest BCUT2D eigenvalue weighted by molar-refractivity contribution is 0.673. The zero-order valence-corrected chi connectivity index (χ0v) is 50.0. The number of fused-ring (bicyclic) bond motifs is 19. The SMILES string of the molecule is c1ccc(-n2c3ccccc3c3oc4c(-c5ccccc5-c5ccc6c(c5)sc5cc7ccccc7cc56)cccc4c32)cc1.c1ccc(-n2c3ccccc3c3oc4c(-c5ccccc5-c5ccc6c(c5)sc5ccc7ccccc7c56)cccc4c32)cc1. The van der Waals surface area contributed by atoms with Crippen LogP contribution in [0.2, 0.25) is 0 Å². The van der Waals surface area contributed by atoms with E-state index in [2.05, 4.69) is 312 Å². The molecule has 0 saturated carbocycles. The summed E-state index contributed by atoms with van der Waals surface area (Å²) in [5.74, 6) is 0. The molecule has 0 fully saturated rings. The predicted octanol–water partition coefficient (Wildman–Crippen LogP) is 24.8. The molecule has 6 heterocycles. The molecule has 0 aliphatic carbocycles. The number of rotatable bonds is 6. The summed E-state index contributed by atoms with van der Waals surface area (Å²) in [5.41, 5.74) is 19.8. The average molecular weight is 1180 g/mol. The predicted molar refractivity (Wildman–Crippen MR) is 384 cm³/mol. The zero-order valence-electron chi connectivity index (χ0n) is 48.4. The molecule has 6 aromatic heterocycles.